The van der Waals surface area contributed by atoms with E-state index in [1.165, 1.54) is 89.9 Å². The first kappa shape index (κ1) is 40.5. The number of hydrogen-bond acceptors (Lipinski definition) is 4. The molecular formula is C41H68N4O2. The molecule has 0 radical (unpaired) electrons. The van der Waals surface area contributed by atoms with E-state index >= 15 is 0 Å². The number of amides is 2. The van der Waals surface area contributed by atoms with Crippen LogP contribution in [-0.2, 0) is 16.0 Å². The van der Waals surface area contributed by atoms with Gasteiger partial charge in [-0.15, -0.1) is 0 Å². The van der Waals surface area contributed by atoms with Crippen molar-refractivity contribution >= 4 is 23.2 Å². The fraction of sp³-hybridized carbons (Fsp3) is 0.659. The molecule has 2 aromatic carbocycles. The monoisotopic (exact) mass is 649 g/mol. The SMILES string of the molecule is CCCCCCCN(CCCC)CCC(=O)Nc1cccc(Cc2cccc(NC(=O)CCN(CCCC)CCCCCCC)c2)c1. The molecule has 0 aliphatic carbocycles. The predicted molar refractivity (Wildman–Crippen MR) is 202 cm³/mol. The van der Waals surface area contributed by atoms with Crippen molar-refractivity contribution in [3.05, 3.63) is 59.7 Å². The van der Waals surface area contributed by atoms with Crippen LogP contribution in [0.25, 0.3) is 0 Å². The molecule has 47 heavy (non-hydrogen) atoms. The normalized spacial score (nSPS) is 11.4. The summed E-state index contributed by atoms with van der Waals surface area (Å²) < 4.78 is 0. The van der Waals surface area contributed by atoms with E-state index in [-0.39, 0.29) is 11.8 Å². The number of anilines is 2. The molecule has 0 atom stereocenters. The maximum Gasteiger partial charge on any atom is 0.225 e. The molecule has 0 saturated heterocycles. The van der Waals surface area contributed by atoms with E-state index in [2.05, 4.69) is 72.4 Å². The molecule has 0 bridgehead atoms. The Labute approximate surface area is 288 Å². The van der Waals surface area contributed by atoms with E-state index in [4.69, 9.17) is 0 Å². The van der Waals surface area contributed by atoms with E-state index < -0.39 is 0 Å². The first-order chi connectivity index (χ1) is 23.0. The topological polar surface area (TPSA) is 64.7 Å². The van der Waals surface area contributed by atoms with Gasteiger partial charge in [-0.05, 0) is 93.7 Å². The summed E-state index contributed by atoms with van der Waals surface area (Å²) in [5.41, 5.74) is 3.95. The predicted octanol–water partition coefficient (Wildman–Crippen LogP) is 10.1. The third kappa shape index (κ3) is 19.7. The van der Waals surface area contributed by atoms with Crippen LogP contribution in [0.4, 0.5) is 11.4 Å². The second kappa shape index (κ2) is 26.3. The highest BCUT2D eigenvalue weighted by Crippen LogP contribution is 2.18. The number of rotatable bonds is 28. The second-order valence-electron chi connectivity index (χ2n) is 13.4. The summed E-state index contributed by atoms with van der Waals surface area (Å²) >= 11 is 0. The minimum Gasteiger partial charge on any atom is -0.326 e. The summed E-state index contributed by atoms with van der Waals surface area (Å²) in [5, 5.41) is 6.26. The van der Waals surface area contributed by atoms with E-state index in [9.17, 15) is 9.59 Å². The van der Waals surface area contributed by atoms with Crippen LogP contribution < -0.4 is 10.6 Å². The lowest BCUT2D eigenvalue weighted by molar-refractivity contribution is -0.117. The van der Waals surface area contributed by atoms with Crippen molar-refractivity contribution in [1.82, 2.24) is 9.80 Å². The lowest BCUT2D eigenvalue weighted by atomic mass is 10.0. The highest BCUT2D eigenvalue weighted by molar-refractivity contribution is 5.91. The molecule has 0 unspecified atom stereocenters. The van der Waals surface area contributed by atoms with Crippen molar-refractivity contribution in [3.8, 4) is 0 Å². The third-order valence-corrected chi connectivity index (χ3v) is 8.95. The molecule has 2 rings (SSSR count). The van der Waals surface area contributed by atoms with Crippen LogP contribution >= 0.6 is 0 Å². The number of hydrogen-bond donors (Lipinski definition) is 2. The summed E-state index contributed by atoms with van der Waals surface area (Å²) in [6.07, 6.45) is 19.3. The Morgan fingerprint density at radius 2 is 0.872 bits per heavy atom. The van der Waals surface area contributed by atoms with Crippen LogP contribution in [0.3, 0.4) is 0 Å². The Balaban J connectivity index is 1.84. The van der Waals surface area contributed by atoms with Gasteiger partial charge in [0, 0.05) is 37.3 Å². The Morgan fingerprint density at radius 3 is 1.28 bits per heavy atom. The highest BCUT2D eigenvalue weighted by Gasteiger charge is 2.11. The van der Waals surface area contributed by atoms with Crippen molar-refractivity contribution in [1.29, 1.82) is 0 Å². The number of nitrogens with one attached hydrogen (secondary N) is 2. The van der Waals surface area contributed by atoms with Crippen LogP contribution in [0.15, 0.2) is 48.5 Å². The maximum absolute atomic E-state index is 12.9. The van der Waals surface area contributed by atoms with Crippen LogP contribution in [0, 0.1) is 0 Å². The molecule has 264 valence electrons. The van der Waals surface area contributed by atoms with Crippen molar-refractivity contribution in [2.45, 2.75) is 137 Å². The Kier molecular flexibility index (Phi) is 22.6. The number of carbonyl (C=O) groups excluding carboxylic acids is 2. The molecule has 2 amide bonds. The quantitative estimate of drug-likeness (QED) is 0.0902. The lowest BCUT2D eigenvalue weighted by Gasteiger charge is -2.22. The minimum absolute atomic E-state index is 0.0732. The molecule has 0 aliphatic heterocycles. The van der Waals surface area contributed by atoms with Gasteiger partial charge in [-0.3, -0.25) is 9.59 Å². The fourth-order valence-electron chi connectivity index (χ4n) is 6.03. The number of unbranched alkanes of at least 4 members (excludes halogenated alkanes) is 10. The number of nitrogens with zero attached hydrogens (tertiary/aromatic N) is 2. The molecule has 0 spiro atoms. The van der Waals surface area contributed by atoms with Crippen LogP contribution in [0.1, 0.15) is 142 Å². The van der Waals surface area contributed by atoms with E-state index in [1.807, 2.05) is 24.3 Å². The molecule has 0 aliphatic rings. The molecule has 0 saturated carbocycles. The van der Waals surface area contributed by atoms with Gasteiger partial charge in [-0.25, -0.2) is 0 Å². The zero-order valence-electron chi connectivity index (χ0n) is 30.6. The van der Waals surface area contributed by atoms with Crippen LogP contribution in [-0.4, -0.2) is 60.9 Å². The number of benzene rings is 2. The standard InChI is InChI=1S/C41H68N4O2/c1-5-9-13-15-17-29-44(27-11-7-3)31-25-40(46)42-38-23-19-21-36(34-38)33-37-22-20-24-39(35-37)43-41(47)26-32-45(28-12-8-4)30-18-16-14-10-6-2/h19-24,34-35H,5-18,25-33H2,1-4H3,(H,42,46)(H,43,47). The largest absolute Gasteiger partial charge is 0.326 e. The zero-order valence-corrected chi connectivity index (χ0v) is 30.6. The van der Waals surface area contributed by atoms with Crippen molar-refractivity contribution in [3.63, 3.8) is 0 Å². The summed E-state index contributed by atoms with van der Waals surface area (Å²) in [4.78, 5) is 30.7. The highest BCUT2D eigenvalue weighted by atomic mass is 16.2. The second-order valence-corrected chi connectivity index (χ2v) is 13.4. The third-order valence-electron chi connectivity index (χ3n) is 8.95. The van der Waals surface area contributed by atoms with E-state index in [0.29, 0.717) is 12.8 Å². The maximum atomic E-state index is 12.9. The molecule has 0 heterocycles. The fourth-order valence-corrected chi connectivity index (χ4v) is 6.03. The molecule has 6 nitrogen and oxygen atoms in total. The smallest absolute Gasteiger partial charge is 0.225 e. The summed E-state index contributed by atoms with van der Waals surface area (Å²) in [5.74, 6) is 0.146. The Morgan fingerprint density at radius 1 is 0.489 bits per heavy atom. The molecule has 0 aromatic heterocycles. The lowest BCUT2D eigenvalue weighted by Crippen LogP contribution is -2.30. The van der Waals surface area contributed by atoms with Crippen LogP contribution in [0.2, 0.25) is 0 Å². The van der Waals surface area contributed by atoms with Gasteiger partial charge in [0.05, 0.1) is 0 Å². The van der Waals surface area contributed by atoms with E-state index in [0.717, 1.165) is 68.2 Å². The zero-order chi connectivity index (χ0) is 34.0. The number of carbonyl (C=O) groups is 2. The van der Waals surface area contributed by atoms with Crippen molar-refractivity contribution < 1.29 is 9.59 Å². The van der Waals surface area contributed by atoms with Gasteiger partial charge in [0.1, 0.15) is 0 Å². The van der Waals surface area contributed by atoms with Gasteiger partial charge < -0.3 is 20.4 Å². The van der Waals surface area contributed by atoms with Gasteiger partial charge in [0.25, 0.3) is 0 Å². The Hall–Kier alpha value is -2.70. The average Bonchev–Trinajstić information content (AvgIpc) is 3.06. The average molecular weight is 649 g/mol. The molecule has 2 aromatic rings. The minimum atomic E-state index is 0.0732. The van der Waals surface area contributed by atoms with Gasteiger partial charge >= 0.3 is 0 Å². The van der Waals surface area contributed by atoms with E-state index in [1.54, 1.807) is 0 Å². The Bertz CT molecular complexity index is 1020. The summed E-state index contributed by atoms with van der Waals surface area (Å²) in [7, 11) is 0. The van der Waals surface area contributed by atoms with Gasteiger partial charge in [0.15, 0.2) is 0 Å². The summed E-state index contributed by atoms with van der Waals surface area (Å²) in [6, 6.07) is 16.3. The van der Waals surface area contributed by atoms with Crippen molar-refractivity contribution in [2.24, 2.45) is 0 Å². The molecule has 2 N–H and O–H groups in total. The van der Waals surface area contributed by atoms with Gasteiger partial charge in [-0.1, -0.05) is 116 Å². The summed E-state index contributed by atoms with van der Waals surface area (Å²) in [6.45, 7) is 14.9. The first-order valence-electron chi connectivity index (χ1n) is 19.2. The van der Waals surface area contributed by atoms with Gasteiger partial charge in [0.2, 0.25) is 11.8 Å². The van der Waals surface area contributed by atoms with Gasteiger partial charge in [-0.2, -0.15) is 0 Å². The molecule has 0 fully saturated rings. The van der Waals surface area contributed by atoms with Crippen LogP contribution in [0.5, 0.6) is 0 Å². The first-order valence-corrected chi connectivity index (χ1v) is 19.2. The van der Waals surface area contributed by atoms with Crippen molar-refractivity contribution in [2.75, 3.05) is 49.9 Å². The molecule has 6 heteroatoms. The molecular weight excluding hydrogens is 580 g/mol.